The molecule has 0 heterocycles. The summed E-state index contributed by atoms with van der Waals surface area (Å²) in [6.07, 6.45) is 0. The summed E-state index contributed by atoms with van der Waals surface area (Å²) < 4.78 is 4.84. The highest BCUT2D eigenvalue weighted by atomic mass is 16.5. The fourth-order valence-electron chi connectivity index (χ4n) is 1.04. The molecule has 0 unspecified atom stereocenters. The van der Waals surface area contributed by atoms with Crippen LogP contribution in [0.5, 0.6) is 5.75 Å². The molecule has 0 aromatic heterocycles. The SMILES string of the molecule is COc1cc(C(=O)O)c(C#N)cc1N. The van der Waals surface area contributed by atoms with Crippen molar-refractivity contribution >= 4 is 11.7 Å². The normalized spacial score (nSPS) is 9.14. The summed E-state index contributed by atoms with van der Waals surface area (Å²) in [6.45, 7) is 0. The number of benzene rings is 1. The van der Waals surface area contributed by atoms with Gasteiger partial charge in [0.1, 0.15) is 11.8 Å². The van der Waals surface area contributed by atoms with Gasteiger partial charge < -0.3 is 15.6 Å². The summed E-state index contributed by atoms with van der Waals surface area (Å²) in [5.74, 6) is -0.929. The standard InChI is InChI=1S/C9H8N2O3/c1-14-8-3-6(9(12)13)5(4-10)2-7(8)11/h2-3H,11H2,1H3,(H,12,13). The van der Waals surface area contributed by atoms with Gasteiger partial charge in [-0.15, -0.1) is 0 Å². The Balaban J connectivity index is 3.42. The number of ether oxygens (including phenoxy) is 1. The van der Waals surface area contributed by atoms with E-state index < -0.39 is 5.97 Å². The van der Waals surface area contributed by atoms with Crippen LogP contribution in [0.3, 0.4) is 0 Å². The molecule has 0 saturated carbocycles. The molecule has 0 spiro atoms. The smallest absolute Gasteiger partial charge is 0.337 e. The molecule has 0 aliphatic rings. The van der Waals surface area contributed by atoms with Crippen molar-refractivity contribution < 1.29 is 14.6 Å². The van der Waals surface area contributed by atoms with Crippen molar-refractivity contribution in [3.8, 4) is 11.8 Å². The third-order valence-electron chi connectivity index (χ3n) is 1.72. The molecule has 1 aromatic carbocycles. The molecule has 0 atom stereocenters. The number of hydrogen-bond donors (Lipinski definition) is 2. The van der Waals surface area contributed by atoms with Crippen molar-refractivity contribution in [2.45, 2.75) is 0 Å². The molecule has 0 bridgehead atoms. The van der Waals surface area contributed by atoms with Gasteiger partial charge in [-0.05, 0) is 12.1 Å². The average Bonchev–Trinajstić information content (AvgIpc) is 2.16. The minimum atomic E-state index is -1.18. The van der Waals surface area contributed by atoms with E-state index in [1.807, 2.05) is 0 Å². The summed E-state index contributed by atoms with van der Waals surface area (Å²) in [5.41, 5.74) is 5.66. The number of nitriles is 1. The Bertz CT molecular complexity index is 421. The number of methoxy groups -OCH3 is 1. The number of anilines is 1. The molecule has 0 fully saturated rings. The van der Waals surface area contributed by atoms with E-state index in [0.717, 1.165) is 0 Å². The highest BCUT2D eigenvalue weighted by Gasteiger charge is 2.13. The van der Waals surface area contributed by atoms with Crippen LogP contribution in [0.4, 0.5) is 5.69 Å². The van der Waals surface area contributed by atoms with Crippen LogP contribution >= 0.6 is 0 Å². The topological polar surface area (TPSA) is 96.3 Å². The van der Waals surface area contributed by atoms with E-state index >= 15 is 0 Å². The zero-order valence-electron chi connectivity index (χ0n) is 7.44. The van der Waals surface area contributed by atoms with Crippen LogP contribution in [0, 0.1) is 11.3 Å². The molecule has 5 nitrogen and oxygen atoms in total. The zero-order valence-corrected chi connectivity index (χ0v) is 7.44. The van der Waals surface area contributed by atoms with E-state index in [9.17, 15) is 4.79 Å². The maximum Gasteiger partial charge on any atom is 0.337 e. The summed E-state index contributed by atoms with van der Waals surface area (Å²) in [6, 6.07) is 4.27. The molecule has 1 rings (SSSR count). The Hall–Kier alpha value is -2.22. The lowest BCUT2D eigenvalue weighted by Crippen LogP contribution is -2.03. The predicted molar refractivity (Wildman–Crippen MR) is 49.1 cm³/mol. The second kappa shape index (κ2) is 3.66. The van der Waals surface area contributed by atoms with Crippen LogP contribution in [0.15, 0.2) is 12.1 Å². The van der Waals surface area contributed by atoms with Crippen LogP contribution in [0.25, 0.3) is 0 Å². The van der Waals surface area contributed by atoms with Crippen LogP contribution in [-0.4, -0.2) is 18.2 Å². The van der Waals surface area contributed by atoms with Crippen molar-refractivity contribution in [2.75, 3.05) is 12.8 Å². The van der Waals surface area contributed by atoms with Gasteiger partial charge in [-0.3, -0.25) is 0 Å². The van der Waals surface area contributed by atoms with E-state index in [1.165, 1.54) is 19.2 Å². The first-order valence-corrected chi connectivity index (χ1v) is 3.71. The van der Waals surface area contributed by atoms with Crippen molar-refractivity contribution in [1.82, 2.24) is 0 Å². The van der Waals surface area contributed by atoms with Gasteiger partial charge in [-0.25, -0.2) is 4.79 Å². The number of hydrogen-bond acceptors (Lipinski definition) is 4. The second-order valence-electron chi connectivity index (χ2n) is 2.56. The first kappa shape index (κ1) is 9.86. The highest BCUT2D eigenvalue weighted by molar-refractivity contribution is 5.92. The highest BCUT2D eigenvalue weighted by Crippen LogP contribution is 2.25. The van der Waals surface area contributed by atoms with Crippen LogP contribution in [0.1, 0.15) is 15.9 Å². The number of rotatable bonds is 2. The Labute approximate surface area is 80.3 Å². The van der Waals surface area contributed by atoms with E-state index in [-0.39, 0.29) is 22.6 Å². The summed E-state index contributed by atoms with van der Waals surface area (Å²) in [5, 5.41) is 17.4. The number of aromatic carboxylic acids is 1. The molecular weight excluding hydrogens is 184 g/mol. The quantitative estimate of drug-likeness (QED) is 0.677. The van der Waals surface area contributed by atoms with Gasteiger partial charge in [-0.2, -0.15) is 5.26 Å². The molecule has 3 N–H and O–H groups in total. The lowest BCUT2D eigenvalue weighted by Gasteiger charge is -2.06. The molecule has 0 amide bonds. The van der Waals surface area contributed by atoms with E-state index in [0.29, 0.717) is 0 Å². The summed E-state index contributed by atoms with van der Waals surface area (Å²) in [7, 11) is 1.38. The Morgan fingerprint density at radius 2 is 2.29 bits per heavy atom. The Morgan fingerprint density at radius 3 is 2.71 bits per heavy atom. The van der Waals surface area contributed by atoms with Gasteiger partial charge in [-0.1, -0.05) is 0 Å². The Morgan fingerprint density at radius 1 is 1.64 bits per heavy atom. The fraction of sp³-hybridized carbons (Fsp3) is 0.111. The van der Waals surface area contributed by atoms with Gasteiger partial charge >= 0.3 is 5.97 Å². The maximum absolute atomic E-state index is 10.7. The first-order valence-electron chi connectivity index (χ1n) is 3.71. The summed E-state index contributed by atoms with van der Waals surface area (Å²) in [4.78, 5) is 10.7. The molecule has 72 valence electrons. The van der Waals surface area contributed by atoms with Gasteiger partial charge in [0.05, 0.1) is 23.9 Å². The fourth-order valence-corrected chi connectivity index (χ4v) is 1.04. The van der Waals surface area contributed by atoms with Crippen LogP contribution in [0.2, 0.25) is 0 Å². The van der Waals surface area contributed by atoms with Gasteiger partial charge in [0, 0.05) is 0 Å². The monoisotopic (exact) mass is 192 g/mol. The third-order valence-corrected chi connectivity index (χ3v) is 1.72. The molecule has 1 aromatic rings. The van der Waals surface area contributed by atoms with Crippen molar-refractivity contribution in [1.29, 1.82) is 5.26 Å². The van der Waals surface area contributed by atoms with E-state index in [1.54, 1.807) is 6.07 Å². The molecule has 5 heteroatoms. The molecule has 0 aliphatic heterocycles. The van der Waals surface area contributed by atoms with Crippen molar-refractivity contribution in [3.63, 3.8) is 0 Å². The van der Waals surface area contributed by atoms with Gasteiger partial charge in [0.2, 0.25) is 0 Å². The van der Waals surface area contributed by atoms with E-state index in [4.69, 9.17) is 20.8 Å². The maximum atomic E-state index is 10.7. The number of nitrogens with two attached hydrogens (primary N) is 1. The lowest BCUT2D eigenvalue weighted by atomic mass is 10.1. The molecule has 0 aliphatic carbocycles. The van der Waals surface area contributed by atoms with Crippen LogP contribution in [-0.2, 0) is 0 Å². The third kappa shape index (κ3) is 1.59. The number of nitrogens with zero attached hydrogens (tertiary/aromatic N) is 1. The lowest BCUT2D eigenvalue weighted by molar-refractivity contribution is 0.0696. The first-order chi connectivity index (χ1) is 6.60. The van der Waals surface area contributed by atoms with Crippen LogP contribution < -0.4 is 10.5 Å². The van der Waals surface area contributed by atoms with E-state index in [2.05, 4.69) is 0 Å². The van der Waals surface area contributed by atoms with Crippen molar-refractivity contribution in [2.24, 2.45) is 0 Å². The zero-order chi connectivity index (χ0) is 10.7. The Kier molecular flexibility index (Phi) is 2.58. The molecular formula is C9H8N2O3. The minimum Gasteiger partial charge on any atom is -0.495 e. The predicted octanol–water partition coefficient (Wildman–Crippen LogP) is 0.847. The van der Waals surface area contributed by atoms with Gasteiger partial charge in [0.25, 0.3) is 0 Å². The molecule has 0 saturated heterocycles. The average molecular weight is 192 g/mol. The van der Waals surface area contributed by atoms with Gasteiger partial charge in [0.15, 0.2) is 0 Å². The van der Waals surface area contributed by atoms with Crippen molar-refractivity contribution in [3.05, 3.63) is 23.3 Å². The second-order valence-corrected chi connectivity index (χ2v) is 2.56. The number of carboxylic acid groups (broad SMARTS) is 1. The summed E-state index contributed by atoms with van der Waals surface area (Å²) >= 11 is 0. The minimum absolute atomic E-state index is 0.0239. The number of carbonyl (C=O) groups is 1. The largest absolute Gasteiger partial charge is 0.495 e. The molecule has 0 radical (unpaired) electrons. The number of nitrogen functional groups attached to an aromatic ring is 1. The molecule has 14 heavy (non-hydrogen) atoms. The number of carboxylic acids is 1.